The molecule has 0 aliphatic carbocycles. The predicted molar refractivity (Wildman–Crippen MR) is 85.6 cm³/mol. The van der Waals surface area contributed by atoms with Gasteiger partial charge in [0.1, 0.15) is 18.5 Å². The molecular formula is C17H17ClFNO3. The van der Waals surface area contributed by atoms with Gasteiger partial charge >= 0.3 is 6.09 Å². The molecule has 0 saturated carbocycles. The van der Waals surface area contributed by atoms with Gasteiger partial charge in [-0.3, -0.25) is 0 Å². The lowest BCUT2D eigenvalue weighted by atomic mass is 10.0. The fraction of sp³-hybridized carbons (Fsp3) is 0.235. The van der Waals surface area contributed by atoms with Crippen molar-refractivity contribution < 1.29 is 19.0 Å². The van der Waals surface area contributed by atoms with Gasteiger partial charge in [-0.1, -0.05) is 48.0 Å². The number of aliphatic hydroxyl groups excluding tert-OH is 1. The summed E-state index contributed by atoms with van der Waals surface area (Å²) < 4.78 is 18.8. The first-order chi connectivity index (χ1) is 11.0. The van der Waals surface area contributed by atoms with Crippen molar-refractivity contribution in [2.75, 3.05) is 0 Å². The Kier molecular flexibility index (Phi) is 5.96. The van der Waals surface area contributed by atoms with Crippen molar-refractivity contribution in [3.63, 3.8) is 0 Å². The van der Waals surface area contributed by atoms with Crippen LogP contribution >= 0.6 is 11.6 Å². The third kappa shape index (κ3) is 4.68. The largest absolute Gasteiger partial charge is 0.445 e. The van der Waals surface area contributed by atoms with E-state index in [4.69, 9.17) is 16.3 Å². The van der Waals surface area contributed by atoms with Crippen LogP contribution in [0.15, 0.2) is 48.5 Å². The Balaban J connectivity index is 1.93. The zero-order valence-electron chi connectivity index (χ0n) is 12.5. The van der Waals surface area contributed by atoms with Crippen LogP contribution in [0.2, 0.25) is 5.02 Å². The maximum absolute atomic E-state index is 13.8. The molecule has 0 radical (unpaired) electrons. The van der Waals surface area contributed by atoms with Gasteiger partial charge < -0.3 is 15.2 Å². The van der Waals surface area contributed by atoms with Crippen LogP contribution < -0.4 is 5.32 Å². The molecule has 4 nitrogen and oxygen atoms in total. The van der Waals surface area contributed by atoms with Crippen LogP contribution in [-0.4, -0.2) is 17.2 Å². The van der Waals surface area contributed by atoms with Gasteiger partial charge in [0.15, 0.2) is 0 Å². The molecule has 0 saturated heterocycles. The number of nitrogens with one attached hydrogen (secondary N) is 1. The molecule has 0 aliphatic heterocycles. The molecule has 2 N–H and O–H groups in total. The summed E-state index contributed by atoms with van der Waals surface area (Å²) in [5, 5.41) is 12.8. The maximum Gasteiger partial charge on any atom is 0.407 e. The van der Waals surface area contributed by atoms with Crippen LogP contribution in [0.4, 0.5) is 9.18 Å². The van der Waals surface area contributed by atoms with Crippen molar-refractivity contribution >= 4 is 17.7 Å². The molecule has 2 rings (SSSR count). The highest BCUT2D eigenvalue weighted by Gasteiger charge is 2.24. The lowest BCUT2D eigenvalue weighted by Crippen LogP contribution is -2.37. The predicted octanol–water partition coefficient (Wildman–Crippen LogP) is 3.83. The average Bonchev–Trinajstić information content (AvgIpc) is 2.53. The number of carbonyl (C=O) groups excluding carboxylic acids is 1. The summed E-state index contributed by atoms with van der Waals surface area (Å²) in [5.74, 6) is -0.628. The molecular weight excluding hydrogens is 321 g/mol. The second kappa shape index (κ2) is 7.94. The fourth-order valence-electron chi connectivity index (χ4n) is 2.07. The molecule has 122 valence electrons. The quantitative estimate of drug-likeness (QED) is 0.871. The standard InChI is InChI=1S/C17H17ClFNO3/c1-11(16(21)15-13(18)8-5-9-14(15)19)20-17(22)23-10-12-6-3-2-4-7-12/h2-9,11,16,21H,10H2,1H3,(H,20,22). The highest BCUT2D eigenvalue weighted by molar-refractivity contribution is 6.31. The normalized spacial score (nSPS) is 13.2. The highest BCUT2D eigenvalue weighted by Crippen LogP contribution is 2.27. The number of alkyl carbamates (subject to hydrolysis) is 1. The Labute approximate surface area is 138 Å². The molecule has 0 bridgehead atoms. The number of hydrogen-bond acceptors (Lipinski definition) is 3. The Morgan fingerprint density at radius 3 is 2.61 bits per heavy atom. The van der Waals surface area contributed by atoms with E-state index in [1.165, 1.54) is 25.1 Å². The minimum Gasteiger partial charge on any atom is -0.445 e. The van der Waals surface area contributed by atoms with Crippen LogP contribution in [0.5, 0.6) is 0 Å². The smallest absolute Gasteiger partial charge is 0.407 e. The first kappa shape index (κ1) is 17.2. The van der Waals surface area contributed by atoms with E-state index in [0.29, 0.717) is 0 Å². The molecule has 23 heavy (non-hydrogen) atoms. The van der Waals surface area contributed by atoms with Crippen LogP contribution in [0, 0.1) is 5.82 Å². The summed E-state index contributed by atoms with van der Waals surface area (Å²) in [7, 11) is 0. The van der Waals surface area contributed by atoms with Crippen molar-refractivity contribution in [1.82, 2.24) is 5.32 Å². The molecule has 1 amide bonds. The summed E-state index contributed by atoms with van der Waals surface area (Å²) in [5.41, 5.74) is 0.790. The van der Waals surface area contributed by atoms with E-state index >= 15 is 0 Å². The van der Waals surface area contributed by atoms with Gasteiger partial charge in [-0.2, -0.15) is 0 Å². The minimum absolute atomic E-state index is 0.0509. The van der Waals surface area contributed by atoms with Crippen molar-refractivity contribution in [3.05, 3.63) is 70.5 Å². The van der Waals surface area contributed by atoms with Gasteiger partial charge in [-0.15, -0.1) is 0 Å². The van der Waals surface area contributed by atoms with E-state index in [0.717, 1.165) is 5.56 Å². The summed E-state index contributed by atoms with van der Waals surface area (Å²) in [6, 6.07) is 12.5. The van der Waals surface area contributed by atoms with E-state index in [1.807, 2.05) is 30.3 Å². The number of amides is 1. The molecule has 0 aromatic heterocycles. The van der Waals surface area contributed by atoms with E-state index < -0.39 is 24.1 Å². The first-order valence-electron chi connectivity index (χ1n) is 7.08. The number of ether oxygens (including phenoxy) is 1. The molecule has 0 spiro atoms. The number of benzene rings is 2. The SMILES string of the molecule is CC(NC(=O)OCc1ccccc1)C(O)c1c(F)cccc1Cl. The summed E-state index contributed by atoms with van der Waals surface area (Å²) >= 11 is 5.90. The average molecular weight is 338 g/mol. The Bertz CT molecular complexity index is 646. The van der Waals surface area contributed by atoms with Gasteiger partial charge in [0.2, 0.25) is 0 Å². The minimum atomic E-state index is -1.28. The lowest BCUT2D eigenvalue weighted by Gasteiger charge is -2.21. The monoisotopic (exact) mass is 337 g/mol. The zero-order chi connectivity index (χ0) is 16.8. The van der Waals surface area contributed by atoms with E-state index in [9.17, 15) is 14.3 Å². The van der Waals surface area contributed by atoms with Gasteiger partial charge in [0.25, 0.3) is 0 Å². The number of hydrogen-bond donors (Lipinski definition) is 2. The molecule has 0 aliphatic rings. The van der Waals surface area contributed by atoms with Crippen LogP contribution in [0.1, 0.15) is 24.2 Å². The molecule has 6 heteroatoms. The van der Waals surface area contributed by atoms with Gasteiger partial charge in [0, 0.05) is 10.6 Å². The molecule has 2 aromatic carbocycles. The number of halogens is 2. The van der Waals surface area contributed by atoms with Crippen LogP contribution in [0.3, 0.4) is 0 Å². The maximum atomic E-state index is 13.8. The topological polar surface area (TPSA) is 58.6 Å². The fourth-order valence-corrected chi connectivity index (χ4v) is 2.35. The third-order valence-corrected chi connectivity index (χ3v) is 3.66. The molecule has 0 fully saturated rings. The Morgan fingerprint density at radius 1 is 1.26 bits per heavy atom. The third-order valence-electron chi connectivity index (χ3n) is 3.33. The highest BCUT2D eigenvalue weighted by atomic mass is 35.5. The second-order valence-electron chi connectivity index (χ2n) is 5.07. The van der Waals surface area contributed by atoms with Gasteiger partial charge in [-0.25, -0.2) is 9.18 Å². The van der Waals surface area contributed by atoms with E-state index in [1.54, 1.807) is 0 Å². The van der Waals surface area contributed by atoms with Crippen LogP contribution in [0.25, 0.3) is 0 Å². The van der Waals surface area contributed by atoms with Gasteiger partial charge in [0.05, 0.1) is 6.04 Å². The summed E-state index contributed by atoms with van der Waals surface area (Å²) in [6.45, 7) is 1.65. The molecule has 2 atom stereocenters. The molecule has 2 aromatic rings. The first-order valence-corrected chi connectivity index (χ1v) is 7.46. The Hall–Kier alpha value is -2.11. The summed E-state index contributed by atoms with van der Waals surface area (Å²) in [6.07, 6.45) is -1.99. The lowest BCUT2D eigenvalue weighted by molar-refractivity contribution is 0.105. The second-order valence-corrected chi connectivity index (χ2v) is 5.48. The van der Waals surface area contributed by atoms with Gasteiger partial charge in [-0.05, 0) is 24.6 Å². The zero-order valence-corrected chi connectivity index (χ0v) is 13.3. The van der Waals surface area contributed by atoms with Crippen molar-refractivity contribution in [2.24, 2.45) is 0 Å². The summed E-state index contributed by atoms with van der Waals surface area (Å²) in [4.78, 5) is 11.8. The number of carbonyl (C=O) groups is 1. The molecule has 0 heterocycles. The Morgan fingerprint density at radius 2 is 1.96 bits per heavy atom. The van der Waals surface area contributed by atoms with Crippen molar-refractivity contribution in [3.8, 4) is 0 Å². The van der Waals surface area contributed by atoms with E-state index in [2.05, 4.69) is 5.32 Å². The van der Waals surface area contributed by atoms with Crippen molar-refractivity contribution in [2.45, 2.75) is 25.7 Å². The number of rotatable bonds is 5. The number of aliphatic hydroxyl groups is 1. The molecule has 2 unspecified atom stereocenters. The van der Waals surface area contributed by atoms with Crippen LogP contribution in [-0.2, 0) is 11.3 Å². The van der Waals surface area contributed by atoms with E-state index in [-0.39, 0.29) is 17.2 Å². The van der Waals surface area contributed by atoms with Crippen molar-refractivity contribution in [1.29, 1.82) is 0 Å².